The zero-order chi connectivity index (χ0) is 10.7. The van der Waals surface area contributed by atoms with Crippen LogP contribution in [0.4, 0.5) is 4.39 Å². The first-order valence-electron chi connectivity index (χ1n) is 4.74. The van der Waals surface area contributed by atoms with Crippen LogP contribution in [0.25, 0.3) is 0 Å². The summed E-state index contributed by atoms with van der Waals surface area (Å²) in [6, 6.07) is 6.09. The van der Waals surface area contributed by atoms with E-state index in [1.54, 1.807) is 12.1 Å². The normalized spacial score (nSPS) is 17.3. The van der Waals surface area contributed by atoms with Crippen molar-refractivity contribution in [2.24, 2.45) is 0 Å². The van der Waals surface area contributed by atoms with Crippen LogP contribution >= 0.6 is 0 Å². The fraction of sp³-hybridized carbons (Fsp3) is 0.364. The van der Waals surface area contributed by atoms with Crippen LogP contribution in [0.1, 0.15) is 23.8 Å². The van der Waals surface area contributed by atoms with Gasteiger partial charge in [0.2, 0.25) is 0 Å². The topological polar surface area (TPSA) is 42.2 Å². The van der Waals surface area contributed by atoms with Crippen LogP contribution in [0.5, 0.6) is 0 Å². The Hall–Kier alpha value is -1.44. The van der Waals surface area contributed by atoms with Crippen molar-refractivity contribution < 1.29 is 13.9 Å². The number of nitriles is 1. The lowest BCUT2D eigenvalue weighted by atomic mass is 10.1. The minimum atomic E-state index is -0.517. The highest BCUT2D eigenvalue weighted by Gasteiger charge is 2.17. The third-order valence-corrected chi connectivity index (χ3v) is 2.21. The SMILES string of the molecule is N#Cc1cc(C2OCCCO2)ccc1F. The largest absolute Gasteiger partial charge is 0.348 e. The highest BCUT2D eigenvalue weighted by atomic mass is 19.1. The molecule has 4 heteroatoms. The molecule has 0 N–H and O–H groups in total. The first-order chi connectivity index (χ1) is 7.31. The quantitative estimate of drug-likeness (QED) is 0.708. The molecule has 1 heterocycles. The molecule has 0 atom stereocenters. The molecule has 1 aromatic rings. The Bertz CT molecular complexity index is 394. The minimum absolute atomic E-state index is 0.0188. The number of benzene rings is 1. The molecule has 0 amide bonds. The lowest BCUT2D eigenvalue weighted by molar-refractivity contribution is -0.183. The number of hydrogen-bond donors (Lipinski definition) is 0. The average molecular weight is 207 g/mol. The molecule has 0 aromatic heterocycles. The van der Waals surface area contributed by atoms with Gasteiger partial charge in [0.15, 0.2) is 6.29 Å². The van der Waals surface area contributed by atoms with Gasteiger partial charge in [0.25, 0.3) is 0 Å². The molecule has 15 heavy (non-hydrogen) atoms. The van der Waals surface area contributed by atoms with Crippen molar-refractivity contribution in [3.63, 3.8) is 0 Å². The summed E-state index contributed by atoms with van der Waals surface area (Å²) >= 11 is 0. The second-order valence-corrected chi connectivity index (χ2v) is 3.28. The molecule has 1 aromatic carbocycles. The Balaban J connectivity index is 2.25. The molecule has 1 aliphatic heterocycles. The number of nitrogens with zero attached hydrogens (tertiary/aromatic N) is 1. The fourth-order valence-corrected chi connectivity index (χ4v) is 1.46. The van der Waals surface area contributed by atoms with Crippen LogP contribution in [-0.2, 0) is 9.47 Å². The molecule has 78 valence electrons. The standard InChI is InChI=1S/C11H10FNO2/c12-10-3-2-8(6-9(10)7-13)11-14-4-1-5-15-11/h2-3,6,11H,1,4-5H2. The highest BCUT2D eigenvalue weighted by molar-refractivity contribution is 5.34. The second kappa shape index (κ2) is 4.39. The van der Waals surface area contributed by atoms with Crippen LogP contribution in [0.15, 0.2) is 18.2 Å². The van der Waals surface area contributed by atoms with Gasteiger partial charge in [-0.15, -0.1) is 0 Å². The Morgan fingerprint density at radius 3 is 2.73 bits per heavy atom. The van der Waals surface area contributed by atoms with Gasteiger partial charge in [-0.3, -0.25) is 0 Å². The predicted octanol–water partition coefficient (Wildman–Crippen LogP) is 2.13. The van der Waals surface area contributed by atoms with Gasteiger partial charge in [-0.05, 0) is 18.6 Å². The van der Waals surface area contributed by atoms with Crippen molar-refractivity contribution >= 4 is 0 Å². The summed E-state index contributed by atoms with van der Waals surface area (Å²) in [4.78, 5) is 0. The molecule has 1 aliphatic rings. The average Bonchev–Trinajstić information content (AvgIpc) is 2.31. The second-order valence-electron chi connectivity index (χ2n) is 3.28. The molecule has 3 nitrogen and oxygen atoms in total. The molecule has 2 rings (SSSR count). The monoisotopic (exact) mass is 207 g/mol. The van der Waals surface area contributed by atoms with E-state index in [-0.39, 0.29) is 5.56 Å². The molecular formula is C11H10FNO2. The summed E-state index contributed by atoms with van der Waals surface area (Å²) in [5, 5.41) is 8.67. The Labute approximate surface area is 87.0 Å². The first kappa shape index (κ1) is 10.1. The molecule has 0 spiro atoms. The van der Waals surface area contributed by atoms with Gasteiger partial charge in [-0.2, -0.15) is 5.26 Å². The maximum atomic E-state index is 13.0. The van der Waals surface area contributed by atoms with E-state index in [9.17, 15) is 4.39 Å². The number of rotatable bonds is 1. The molecule has 0 saturated carbocycles. The van der Waals surface area contributed by atoms with Crippen molar-refractivity contribution in [2.75, 3.05) is 13.2 Å². The van der Waals surface area contributed by atoms with E-state index in [4.69, 9.17) is 14.7 Å². The molecular weight excluding hydrogens is 197 g/mol. The Morgan fingerprint density at radius 2 is 2.07 bits per heavy atom. The summed E-state index contributed by atoms with van der Waals surface area (Å²) in [5.41, 5.74) is 0.706. The zero-order valence-electron chi connectivity index (χ0n) is 8.07. The predicted molar refractivity (Wildman–Crippen MR) is 50.4 cm³/mol. The van der Waals surface area contributed by atoms with E-state index < -0.39 is 12.1 Å². The minimum Gasteiger partial charge on any atom is -0.348 e. The van der Waals surface area contributed by atoms with Gasteiger partial charge >= 0.3 is 0 Å². The van der Waals surface area contributed by atoms with Crippen molar-refractivity contribution in [2.45, 2.75) is 12.7 Å². The molecule has 0 radical (unpaired) electrons. The summed E-state index contributed by atoms with van der Waals surface area (Å²) in [6.45, 7) is 1.26. The number of ether oxygens (including phenoxy) is 2. The van der Waals surface area contributed by atoms with Crippen molar-refractivity contribution in [1.29, 1.82) is 5.26 Å². The summed E-state index contributed by atoms with van der Waals surface area (Å²) < 4.78 is 23.7. The lowest BCUT2D eigenvalue weighted by Crippen LogP contribution is -2.17. The van der Waals surface area contributed by atoms with Gasteiger partial charge in [-0.1, -0.05) is 6.07 Å². The van der Waals surface area contributed by atoms with Crippen LogP contribution in [0.3, 0.4) is 0 Å². The van der Waals surface area contributed by atoms with E-state index in [1.807, 2.05) is 0 Å². The van der Waals surface area contributed by atoms with E-state index in [0.717, 1.165) is 6.42 Å². The third kappa shape index (κ3) is 2.14. The third-order valence-electron chi connectivity index (χ3n) is 2.21. The Kier molecular flexibility index (Phi) is 2.95. The van der Waals surface area contributed by atoms with Gasteiger partial charge in [0, 0.05) is 5.56 Å². The van der Waals surface area contributed by atoms with Gasteiger partial charge in [0.1, 0.15) is 11.9 Å². The van der Waals surface area contributed by atoms with Crippen molar-refractivity contribution in [1.82, 2.24) is 0 Å². The molecule has 1 fully saturated rings. The van der Waals surface area contributed by atoms with Gasteiger partial charge in [0.05, 0.1) is 18.8 Å². The van der Waals surface area contributed by atoms with Crippen LogP contribution in [0, 0.1) is 17.1 Å². The maximum absolute atomic E-state index is 13.0. The van der Waals surface area contributed by atoms with Crippen molar-refractivity contribution in [3.8, 4) is 6.07 Å². The van der Waals surface area contributed by atoms with Gasteiger partial charge < -0.3 is 9.47 Å². The first-order valence-corrected chi connectivity index (χ1v) is 4.74. The van der Waals surface area contributed by atoms with Crippen LogP contribution in [0.2, 0.25) is 0 Å². The van der Waals surface area contributed by atoms with E-state index in [1.165, 1.54) is 12.1 Å². The van der Waals surface area contributed by atoms with E-state index in [0.29, 0.717) is 18.8 Å². The zero-order valence-corrected chi connectivity index (χ0v) is 8.07. The van der Waals surface area contributed by atoms with Crippen LogP contribution < -0.4 is 0 Å². The maximum Gasteiger partial charge on any atom is 0.183 e. The highest BCUT2D eigenvalue weighted by Crippen LogP contribution is 2.24. The summed E-state index contributed by atoms with van der Waals surface area (Å²) in [6.07, 6.45) is 0.398. The molecule has 0 unspecified atom stereocenters. The summed E-state index contributed by atoms with van der Waals surface area (Å²) in [5.74, 6) is -0.517. The fourth-order valence-electron chi connectivity index (χ4n) is 1.46. The molecule has 1 saturated heterocycles. The van der Waals surface area contributed by atoms with Crippen LogP contribution in [-0.4, -0.2) is 13.2 Å². The smallest absolute Gasteiger partial charge is 0.183 e. The van der Waals surface area contributed by atoms with Gasteiger partial charge in [-0.25, -0.2) is 4.39 Å². The lowest BCUT2D eigenvalue weighted by Gasteiger charge is -2.23. The number of hydrogen-bond acceptors (Lipinski definition) is 3. The van der Waals surface area contributed by atoms with Crippen molar-refractivity contribution in [3.05, 3.63) is 35.1 Å². The Morgan fingerprint density at radius 1 is 1.33 bits per heavy atom. The van der Waals surface area contributed by atoms with E-state index >= 15 is 0 Å². The molecule has 0 bridgehead atoms. The summed E-state index contributed by atoms with van der Waals surface area (Å²) in [7, 11) is 0. The number of halogens is 1. The molecule has 0 aliphatic carbocycles. The van der Waals surface area contributed by atoms with E-state index in [2.05, 4.69) is 0 Å².